The number of aromatic nitrogens is 2. The van der Waals surface area contributed by atoms with Crippen molar-refractivity contribution in [3.63, 3.8) is 0 Å². The zero-order chi connectivity index (χ0) is 19.9. The fourth-order valence-electron chi connectivity index (χ4n) is 2.83. The highest BCUT2D eigenvalue weighted by molar-refractivity contribution is 5.90. The Morgan fingerprint density at radius 1 is 1.00 bits per heavy atom. The van der Waals surface area contributed by atoms with Crippen molar-refractivity contribution in [3.8, 4) is 11.3 Å². The third-order valence-electron chi connectivity index (χ3n) is 4.38. The maximum Gasteiger partial charge on any atom is 0.266 e. The third kappa shape index (κ3) is 5.07. The fourth-order valence-corrected chi connectivity index (χ4v) is 2.83. The van der Waals surface area contributed by atoms with Gasteiger partial charge in [0.25, 0.3) is 5.56 Å². The van der Waals surface area contributed by atoms with Gasteiger partial charge in [-0.05, 0) is 36.8 Å². The van der Waals surface area contributed by atoms with E-state index in [2.05, 4.69) is 10.4 Å². The molecule has 6 nitrogen and oxygen atoms in total. The van der Waals surface area contributed by atoms with E-state index in [0.717, 1.165) is 22.6 Å². The van der Waals surface area contributed by atoms with Crippen LogP contribution in [0.5, 0.6) is 0 Å². The highest BCUT2D eigenvalue weighted by atomic mass is 16.1. The summed E-state index contributed by atoms with van der Waals surface area (Å²) in [5.41, 5.74) is 3.36. The van der Waals surface area contributed by atoms with Crippen molar-refractivity contribution in [3.05, 3.63) is 77.1 Å². The molecule has 0 unspecified atom stereocenters. The van der Waals surface area contributed by atoms with Crippen LogP contribution in [0.4, 0.5) is 11.4 Å². The molecule has 0 aliphatic rings. The third-order valence-corrected chi connectivity index (χ3v) is 4.38. The molecule has 0 spiro atoms. The maximum absolute atomic E-state index is 12.2. The predicted molar refractivity (Wildman–Crippen MR) is 113 cm³/mol. The van der Waals surface area contributed by atoms with Crippen LogP contribution in [0.15, 0.2) is 71.5 Å². The van der Waals surface area contributed by atoms with Gasteiger partial charge in [0.15, 0.2) is 0 Å². The standard InChI is InChI=1S/C22H24N4O2/c1-25(2)19-12-10-18(11-13-19)23-21(27)9-6-16-26-22(28)15-14-20(24-26)17-7-4-3-5-8-17/h3-5,7-8,10-15H,6,9,16H2,1-2H3,(H,23,27). The van der Waals surface area contributed by atoms with Crippen LogP contribution in [0.1, 0.15) is 12.8 Å². The predicted octanol–water partition coefficient (Wildman–Crippen LogP) is 3.40. The van der Waals surface area contributed by atoms with Gasteiger partial charge in [0.1, 0.15) is 0 Å². The van der Waals surface area contributed by atoms with Crippen molar-refractivity contribution in [2.75, 3.05) is 24.3 Å². The van der Waals surface area contributed by atoms with Crippen LogP contribution < -0.4 is 15.8 Å². The van der Waals surface area contributed by atoms with E-state index in [-0.39, 0.29) is 11.5 Å². The number of aryl methyl sites for hydroxylation is 1. The van der Waals surface area contributed by atoms with Gasteiger partial charge in [-0.15, -0.1) is 0 Å². The average molecular weight is 376 g/mol. The first-order chi connectivity index (χ1) is 13.5. The molecule has 0 atom stereocenters. The Bertz CT molecular complexity index is 979. The summed E-state index contributed by atoms with van der Waals surface area (Å²) in [5, 5.41) is 7.30. The molecular weight excluding hydrogens is 352 g/mol. The molecule has 1 amide bonds. The zero-order valence-electron chi connectivity index (χ0n) is 16.1. The summed E-state index contributed by atoms with van der Waals surface area (Å²) in [5.74, 6) is -0.0788. The van der Waals surface area contributed by atoms with Gasteiger partial charge in [-0.1, -0.05) is 30.3 Å². The summed E-state index contributed by atoms with van der Waals surface area (Å²) in [6.45, 7) is 0.395. The quantitative estimate of drug-likeness (QED) is 0.686. The van der Waals surface area contributed by atoms with Gasteiger partial charge < -0.3 is 10.2 Å². The van der Waals surface area contributed by atoms with Gasteiger partial charge in [-0.25, -0.2) is 4.68 Å². The number of nitrogens with one attached hydrogen (secondary N) is 1. The number of carbonyl (C=O) groups is 1. The number of nitrogens with zero attached hydrogens (tertiary/aromatic N) is 3. The van der Waals surface area contributed by atoms with E-state index in [1.807, 2.05) is 73.6 Å². The molecule has 2 aromatic carbocycles. The Kier molecular flexibility index (Phi) is 6.22. The number of hydrogen-bond donors (Lipinski definition) is 1. The molecule has 0 aliphatic heterocycles. The first-order valence-electron chi connectivity index (χ1n) is 9.24. The normalized spacial score (nSPS) is 10.5. The molecule has 28 heavy (non-hydrogen) atoms. The van der Waals surface area contributed by atoms with E-state index in [0.29, 0.717) is 19.4 Å². The molecule has 0 aliphatic carbocycles. The van der Waals surface area contributed by atoms with Gasteiger partial charge in [-0.3, -0.25) is 9.59 Å². The monoisotopic (exact) mass is 376 g/mol. The van der Waals surface area contributed by atoms with Crippen molar-refractivity contribution in [1.82, 2.24) is 9.78 Å². The van der Waals surface area contributed by atoms with E-state index in [1.165, 1.54) is 10.7 Å². The minimum absolute atomic E-state index is 0.0788. The number of benzene rings is 2. The molecular formula is C22H24N4O2. The SMILES string of the molecule is CN(C)c1ccc(NC(=O)CCCn2nc(-c3ccccc3)ccc2=O)cc1. The van der Waals surface area contributed by atoms with Crippen LogP contribution >= 0.6 is 0 Å². The number of anilines is 2. The summed E-state index contributed by atoms with van der Waals surface area (Å²) in [6.07, 6.45) is 0.853. The van der Waals surface area contributed by atoms with Crippen molar-refractivity contribution < 1.29 is 4.79 Å². The number of amides is 1. The van der Waals surface area contributed by atoms with Gasteiger partial charge in [-0.2, -0.15) is 5.10 Å². The van der Waals surface area contributed by atoms with Crippen LogP contribution in [0, 0.1) is 0 Å². The smallest absolute Gasteiger partial charge is 0.266 e. The first kappa shape index (κ1) is 19.4. The Morgan fingerprint density at radius 3 is 2.39 bits per heavy atom. The van der Waals surface area contributed by atoms with Gasteiger partial charge in [0, 0.05) is 50.1 Å². The van der Waals surface area contributed by atoms with Gasteiger partial charge >= 0.3 is 0 Å². The highest BCUT2D eigenvalue weighted by Gasteiger charge is 2.06. The lowest BCUT2D eigenvalue weighted by Gasteiger charge is -2.13. The fraction of sp³-hybridized carbons (Fsp3) is 0.227. The van der Waals surface area contributed by atoms with Crippen LogP contribution in [-0.4, -0.2) is 29.8 Å². The molecule has 1 N–H and O–H groups in total. The Labute approximate surface area is 164 Å². The second-order valence-electron chi connectivity index (χ2n) is 6.74. The summed E-state index contributed by atoms with van der Waals surface area (Å²) >= 11 is 0. The molecule has 0 saturated carbocycles. The molecule has 0 saturated heterocycles. The van der Waals surface area contributed by atoms with Crippen molar-refractivity contribution in [2.24, 2.45) is 0 Å². The second-order valence-corrected chi connectivity index (χ2v) is 6.74. The number of hydrogen-bond acceptors (Lipinski definition) is 4. The summed E-state index contributed by atoms with van der Waals surface area (Å²) in [6, 6.07) is 20.6. The highest BCUT2D eigenvalue weighted by Crippen LogP contribution is 2.16. The molecule has 1 heterocycles. The van der Waals surface area contributed by atoms with Crippen molar-refractivity contribution in [1.29, 1.82) is 0 Å². The molecule has 0 bridgehead atoms. The minimum atomic E-state index is -0.167. The Hall–Kier alpha value is -3.41. The lowest BCUT2D eigenvalue weighted by molar-refractivity contribution is -0.116. The molecule has 144 valence electrons. The number of rotatable bonds is 7. The topological polar surface area (TPSA) is 67.2 Å². The van der Waals surface area contributed by atoms with Crippen LogP contribution in [0.25, 0.3) is 11.3 Å². The van der Waals surface area contributed by atoms with Crippen LogP contribution in [0.2, 0.25) is 0 Å². The second kappa shape index (κ2) is 8.99. The van der Waals surface area contributed by atoms with E-state index in [4.69, 9.17) is 0 Å². The van der Waals surface area contributed by atoms with Crippen molar-refractivity contribution in [2.45, 2.75) is 19.4 Å². The van der Waals surface area contributed by atoms with E-state index in [9.17, 15) is 9.59 Å². The summed E-state index contributed by atoms with van der Waals surface area (Å²) < 4.78 is 1.42. The zero-order valence-corrected chi connectivity index (χ0v) is 16.1. The largest absolute Gasteiger partial charge is 0.378 e. The van der Waals surface area contributed by atoms with Crippen LogP contribution in [-0.2, 0) is 11.3 Å². The average Bonchev–Trinajstić information content (AvgIpc) is 2.70. The molecule has 0 radical (unpaired) electrons. The molecule has 3 aromatic rings. The summed E-state index contributed by atoms with van der Waals surface area (Å²) in [7, 11) is 3.94. The van der Waals surface area contributed by atoms with E-state index in [1.54, 1.807) is 6.07 Å². The first-order valence-corrected chi connectivity index (χ1v) is 9.24. The lowest BCUT2D eigenvalue weighted by atomic mass is 10.1. The molecule has 1 aromatic heterocycles. The number of carbonyl (C=O) groups excluding carboxylic acids is 1. The van der Waals surface area contributed by atoms with Crippen molar-refractivity contribution >= 4 is 17.3 Å². The van der Waals surface area contributed by atoms with Gasteiger partial charge in [0.05, 0.1) is 5.69 Å². The molecule has 6 heteroatoms. The summed E-state index contributed by atoms with van der Waals surface area (Å²) in [4.78, 5) is 26.2. The van der Waals surface area contributed by atoms with Crippen LogP contribution in [0.3, 0.4) is 0 Å². The molecule has 3 rings (SSSR count). The minimum Gasteiger partial charge on any atom is -0.378 e. The maximum atomic E-state index is 12.2. The lowest BCUT2D eigenvalue weighted by Crippen LogP contribution is -2.23. The van der Waals surface area contributed by atoms with Gasteiger partial charge in [0.2, 0.25) is 5.91 Å². The Morgan fingerprint density at radius 2 is 1.71 bits per heavy atom. The Balaban J connectivity index is 1.56. The van der Waals surface area contributed by atoms with E-state index >= 15 is 0 Å². The molecule has 0 fully saturated rings. The van der Waals surface area contributed by atoms with E-state index < -0.39 is 0 Å².